The highest BCUT2D eigenvalue weighted by molar-refractivity contribution is 5.83. The monoisotopic (exact) mass is 329 g/mol. The van der Waals surface area contributed by atoms with Gasteiger partial charge in [0.1, 0.15) is 5.60 Å². The van der Waals surface area contributed by atoms with Gasteiger partial charge < -0.3 is 19.9 Å². The summed E-state index contributed by atoms with van der Waals surface area (Å²) in [5.41, 5.74) is 2.07. The SMILES string of the molecule is CC(C)(C)OC(=O)N1CCNC(CCc2c[nH]c3ccccc23)C1. The number of fused-ring (bicyclic) bond motifs is 1. The van der Waals surface area contributed by atoms with Gasteiger partial charge in [-0.1, -0.05) is 18.2 Å². The molecule has 3 rings (SSSR count). The smallest absolute Gasteiger partial charge is 0.410 e. The van der Waals surface area contributed by atoms with Crippen LogP contribution in [0.25, 0.3) is 10.9 Å². The lowest BCUT2D eigenvalue weighted by molar-refractivity contribution is 0.0193. The third-order valence-corrected chi connectivity index (χ3v) is 4.34. The van der Waals surface area contributed by atoms with Gasteiger partial charge in [0.05, 0.1) is 0 Å². The Morgan fingerprint density at radius 2 is 2.12 bits per heavy atom. The number of piperazine rings is 1. The first kappa shape index (κ1) is 16.8. The van der Waals surface area contributed by atoms with E-state index in [1.54, 1.807) is 0 Å². The molecule has 130 valence electrons. The molecule has 1 aliphatic heterocycles. The van der Waals surface area contributed by atoms with Gasteiger partial charge in [0.15, 0.2) is 0 Å². The number of rotatable bonds is 3. The highest BCUT2D eigenvalue weighted by Crippen LogP contribution is 2.20. The highest BCUT2D eigenvalue weighted by Gasteiger charge is 2.27. The summed E-state index contributed by atoms with van der Waals surface area (Å²) < 4.78 is 5.49. The molecule has 1 unspecified atom stereocenters. The van der Waals surface area contributed by atoms with Crippen LogP contribution in [0.1, 0.15) is 32.8 Å². The number of para-hydroxylation sites is 1. The summed E-state index contributed by atoms with van der Waals surface area (Å²) >= 11 is 0. The molecule has 1 amide bonds. The number of hydrogen-bond donors (Lipinski definition) is 2. The lowest BCUT2D eigenvalue weighted by atomic mass is 10.0. The second kappa shape index (κ2) is 6.85. The number of hydrogen-bond acceptors (Lipinski definition) is 3. The summed E-state index contributed by atoms with van der Waals surface area (Å²) in [4.78, 5) is 17.4. The van der Waals surface area contributed by atoms with Crippen molar-refractivity contribution in [3.05, 3.63) is 36.0 Å². The van der Waals surface area contributed by atoms with Gasteiger partial charge in [-0.05, 0) is 45.2 Å². The van der Waals surface area contributed by atoms with Crippen LogP contribution in [0.3, 0.4) is 0 Å². The highest BCUT2D eigenvalue weighted by atomic mass is 16.6. The zero-order valence-electron chi connectivity index (χ0n) is 14.8. The topological polar surface area (TPSA) is 57.4 Å². The number of aromatic nitrogens is 1. The quantitative estimate of drug-likeness (QED) is 0.908. The van der Waals surface area contributed by atoms with Gasteiger partial charge in [-0.25, -0.2) is 4.79 Å². The molecule has 1 aliphatic rings. The Hall–Kier alpha value is -2.01. The molecule has 5 heteroatoms. The van der Waals surface area contributed by atoms with Gasteiger partial charge in [0.25, 0.3) is 0 Å². The van der Waals surface area contributed by atoms with Gasteiger partial charge in [-0.3, -0.25) is 0 Å². The van der Waals surface area contributed by atoms with E-state index in [0.717, 1.165) is 19.4 Å². The Kier molecular flexibility index (Phi) is 4.81. The molecular formula is C19H27N3O2. The average Bonchev–Trinajstić information content (AvgIpc) is 2.95. The number of amides is 1. The molecule has 0 bridgehead atoms. The first-order valence-corrected chi connectivity index (χ1v) is 8.69. The number of nitrogens with one attached hydrogen (secondary N) is 2. The molecule has 24 heavy (non-hydrogen) atoms. The van der Waals surface area contributed by atoms with Gasteiger partial charge >= 0.3 is 6.09 Å². The van der Waals surface area contributed by atoms with Crippen molar-refractivity contribution in [3.8, 4) is 0 Å². The van der Waals surface area contributed by atoms with E-state index >= 15 is 0 Å². The molecule has 0 saturated carbocycles. The summed E-state index contributed by atoms with van der Waals surface area (Å²) in [7, 11) is 0. The minimum atomic E-state index is -0.443. The predicted molar refractivity (Wildman–Crippen MR) is 96.2 cm³/mol. The van der Waals surface area contributed by atoms with Gasteiger partial charge in [-0.2, -0.15) is 0 Å². The summed E-state index contributed by atoms with van der Waals surface area (Å²) in [6.45, 7) is 7.94. The van der Waals surface area contributed by atoms with E-state index < -0.39 is 5.60 Å². The van der Waals surface area contributed by atoms with E-state index in [1.165, 1.54) is 16.5 Å². The van der Waals surface area contributed by atoms with Crippen molar-refractivity contribution in [2.45, 2.75) is 45.3 Å². The minimum Gasteiger partial charge on any atom is -0.444 e. The number of aryl methyl sites for hydroxylation is 1. The molecule has 2 aromatic rings. The van der Waals surface area contributed by atoms with Crippen molar-refractivity contribution >= 4 is 17.0 Å². The molecule has 2 N–H and O–H groups in total. The normalized spacial score (nSPS) is 18.8. The van der Waals surface area contributed by atoms with Crippen LogP contribution in [0.2, 0.25) is 0 Å². The van der Waals surface area contributed by atoms with Crippen molar-refractivity contribution in [1.29, 1.82) is 0 Å². The summed E-state index contributed by atoms with van der Waals surface area (Å²) in [5.74, 6) is 0. The van der Waals surface area contributed by atoms with E-state index in [4.69, 9.17) is 4.74 Å². The third-order valence-electron chi connectivity index (χ3n) is 4.34. The van der Waals surface area contributed by atoms with Crippen LogP contribution in [-0.4, -0.2) is 47.3 Å². The van der Waals surface area contributed by atoms with E-state index in [9.17, 15) is 4.79 Å². The number of H-pyrrole nitrogens is 1. The average molecular weight is 329 g/mol. The van der Waals surface area contributed by atoms with Gasteiger partial charge in [-0.15, -0.1) is 0 Å². The van der Waals surface area contributed by atoms with E-state index in [-0.39, 0.29) is 6.09 Å². The second-order valence-electron chi connectivity index (χ2n) is 7.48. The summed E-state index contributed by atoms with van der Waals surface area (Å²) in [5, 5.41) is 4.81. The minimum absolute atomic E-state index is 0.207. The fourth-order valence-electron chi connectivity index (χ4n) is 3.18. The molecule has 0 spiro atoms. The standard InChI is InChI=1S/C19H27N3O2/c1-19(2,3)24-18(23)22-11-10-20-15(13-22)9-8-14-12-21-17-7-5-4-6-16(14)17/h4-7,12,15,20-21H,8-11,13H2,1-3H3. The number of aromatic amines is 1. The van der Waals surface area contributed by atoms with Crippen LogP contribution in [0, 0.1) is 0 Å². The maximum absolute atomic E-state index is 12.2. The molecule has 2 heterocycles. The van der Waals surface area contributed by atoms with Crippen molar-refractivity contribution in [3.63, 3.8) is 0 Å². The Morgan fingerprint density at radius 1 is 1.33 bits per heavy atom. The zero-order valence-corrected chi connectivity index (χ0v) is 14.8. The third kappa shape index (κ3) is 4.09. The Labute approximate surface area is 143 Å². The molecule has 1 aromatic carbocycles. The number of carbonyl (C=O) groups is 1. The van der Waals surface area contributed by atoms with Crippen molar-refractivity contribution in [2.24, 2.45) is 0 Å². The number of benzene rings is 1. The van der Waals surface area contributed by atoms with Crippen LogP contribution < -0.4 is 5.32 Å². The van der Waals surface area contributed by atoms with Crippen molar-refractivity contribution in [2.75, 3.05) is 19.6 Å². The maximum atomic E-state index is 12.2. The Balaban J connectivity index is 1.57. The first-order chi connectivity index (χ1) is 11.4. The van der Waals surface area contributed by atoms with Crippen LogP contribution in [0.15, 0.2) is 30.5 Å². The van der Waals surface area contributed by atoms with E-state index in [0.29, 0.717) is 19.1 Å². The van der Waals surface area contributed by atoms with Crippen LogP contribution in [0.4, 0.5) is 4.79 Å². The van der Waals surface area contributed by atoms with Crippen LogP contribution >= 0.6 is 0 Å². The largest absolute Gasteiger partial charge is 0.444 e. The molecule has 5 nitrogen and oxygen atoms in total. The first-order valence-electron chi connectivity index (χ1n) is 8.69. The molecule has 1 atom stereocenters. The molecular weight excluding hydrogens is 302 g/mol. The van der Waals surface area contributed by atoms with Gasteiger partial charge in [0, 0.05) is 42.8 Å². The lowest BCUT2D eigenvalue weighted by Gasteiger charge is -2.35. The predicted octanol–water partition coefficient (Wildman–Crippen LogP) is 3.31. The zero-order chi connectivity index (χ0) is 17.2. The number of ether oxygens (including phenoxy) is 1. The molecule has 1 fully saturated rings. The van der Waals surface area contributed by atoms with Crippen molar-refractivity contribution < 1.29 is 9.53 Å². The second-order valence-corrected chi connectivity index (χ2v) is 7.48. The van der Waals surface area contributed by atoms with Crippen molar-refractivity contribution in [1.82, 2.24) is 15.2 Å². The van der Waals surface area contributed by atoms with Crippen LogP contribution in [0.5, 0.6) is 0 Å². The lowest BCUT2D eigenvalue weighted by Crippen LogP contribution is -2.53. The fourth-order valence-corrected chi connectivity index (χ4v) is 3.18. The molecule has 0 aliphatic carbocycles. The molecule has 0 radical (unpaired) electrons. The Bertz CT molecular complexity index is 702. The van der Waals surface area contributed by atoms with E-state index in [1.807, 2.05) is 31.7 Å². The molecule has 1 saturated heterocycles. The van der Waals surface area contributed by atoms with Crippen LogP contribution in [-0.2, 0) is 11.2 Å². The summed E-state index contributed by atoms with van der Waals surface area (Å²) in [6, 6.07) is 8.68. The fraction of sp³-hybridized carbons (Fsp3) is 0.526. The number of nitrogens with zero attached hydrogens (tertiary/aromatic N) is 1. The number of carbonyl (C=O) groups excluding carboxylic acids is 1. The Morgan fingerprint density at radius 3 is 2.92 bits per heavy atom. The molecule has 1 aromatic heterocycles. The summed E-state index contributed by atoms with van der Waals surface area (Å²) in [6.07, 6.45) is 3.88. The maximum Gasteiger partial charge on any atom is 0.410 e. The van der Waals surface area contributed by atoms with Gasteiger partial charge in [0.2, 0.25) is 0 Å². The van der Waals surface area contributed by atoms with E-state index in [2.05, 4.69) is 34.7 Å².